The second-order valence-electron chi connectivity index (χ2n) is 10.3. The van der Waals surface area contributed by atoms with Crippen LogP contribution >= 0.6 is 0 Å². The molecule has 0 bridgehead atoms. The third-order valence-electron chi connectivity index (χ3n) is 5.74. The molecule has 0 saturated heterocycles. The Morgan fingerprint density at radius 3 is 1.64 bits per heavy atom. The summed E-state index contributed by atoms with van der Waals surface area (Å²) in [5, 5.41) is 5.73. The Bertz CT molecular complexity index is 1170. The fraction of sp³-hybridized carbons (Fsp3) is 0.290. The van der Waals surface area contributed by atoms with Gasteiger partial charge in [0.15, 0.2) is 0 Å². The van der Waals surface area contributed by atoms with Crippen molar-refractivity contribution in [3.63, 3.8) is 0 Å². The molecule has 3 aromatic rings. The third-order valence-corrected chi connectivity index (χ3v) is 5.74. The molecule has 2 N–H and O–H groups in total. The first-order valence-electron chi connectivity index (χ1n) is 12.7. The molecule has 0 spiro atoms. The number of rotatable bonds is 9. The van der Waals surface area contributed by atoms with E-state index in [1.165, 1.54) is 6.34 Å². The standard InChI is InChI=1S/C31H36N4O4/c1-30(2,3)39-29(38)33-26(28(37)32-22-35(4)5)21-27(36)34-31(23-15-9-6-10-16-23,24-17-11-7-12-18-24)25-19-13-8-14-20-25/h6-20,22,26H,21H2,1-5H3,(H,33,38)(H,34,36)/t26-/m1/s1. The average Bonchev–Trinajstić information content (AvgIpc) is 2.90. The van der Waals surface area contributed by atoms with E-state index in [4.69, 9.17) is 4.74 Å². The second kappa shape index (κ2) is 12.9. The molecule has 0 heterocycles. The largest absolute Gasteiger partial charge is 0.444 e. The highest BCUT2D eigenvalue weighted by atomic mass is 16.6. The minimum atomic E-state index is -1.24. The lowest BCUT2D eigenvalue weighted by Gasteiger charge is -2.37. The molecule has 8 heteroatoms. The van der Waals surface area contributed by atoms with Gasteiger partial charge in [0.1, 0.15) is 17.2 Å². The van der Waals surface area contributed by atoms with E-state index in [-0.39, 0.29) is 6.42 Å². The van der Waals surface area contributed by atoms with Crippen molar-refractivity contribution in [3.8, 4) is 0 Å². The van der Waals surface area contributed by atoms with Gasteiger partial charge in [0.2, 0.25) is 5.91 Å². The predicted molar refractivity (Wildman–Crippen MR) is 152 cm³/mol. The molecule has 3 rings (SSSR count). The number of carbonyl (C=O) groups is 3. The maximum absolute atomic E-state index is 13.8. The molecule has 39 heavy (non-hydrogen) atoms. The Kier molecular flexibility index (Phi) is 9.60. The van der Waals surface area contributed by atoms with Crippen LogP contribution in [0.25, 0.3) is 0 Å². The van der Waals surface area contributed by atoms with Crippen molar-refractivity contribution < 1.29 is 19.1 Å². The van der Waals surface area contributed by atoms with Gasteiger partial charge in [-0.05, 0) is 37.5 Å². The number of amides is 3. The number of carbonyl (C=O) groups excluding carboxylic acids is 3. The van der Waals surface area contributed by atoms with E-state index in [1.807, 2.05) is 91.0 Å². The van der Waals surface area contributed by atoms with E-state index in [0.29, 0.717) is 0 Å². The van der Waals surface area contributed by atoms with Gasteiger partial charge in [0.25, 0.3) is 5.91 Å². The summed E-state index contributed by atoms with van der Waals surface area (Å²) in [5.74, 6) is -1.13. The summed E-state index contributed by atoms with van der Waals surface area (Å²) < 4.78 is 5.34. The highest BCUT2D eigenvalue weighted by molar-refractivity contribution is 5.94. The van der Waals surface area contributed by atoms with Crippen molar-refractivity contribution in [1.29, 1.82) is 0 Å². The third kappa shape index (κ3) is 8.01. The lowest BCUT2D eigenvalue weighted by atomic mass is 9.77. The van der Waals surface area contributed by atoms with Gasteiger partial charge in [-0.3, -0.25) is 9.59 Å². The van der Waals surface area contributed by atoms with E-state index in [0.717, 1.165) is 16.7 Å². The van der Waals surface area contributed by atoms with Crippen LogP contribution in [0.4, 0.5) is 4.79 Å². The Balaban J connectivity index is 2.02. The minimum absolute atomic E-state index is 0.350. The molecule has 0 unspecified atom stereocenters. The molecule has 0 aromatic heterocycles. The van der Waals surface area contributed by atoms with E-state index in [2.05, 4.69) is 15.6 Å². The number of nitrogens with zero attached hydrogens (tertiary/aromatic N) is 2. The van der Waals surface area contributed by atoms with Crippen LogP contribution in [0.1, 0.15) is 43.9 Å². The fourth-order valence-electron chi connectivity index (χ4n) is 4.14. The first-order valence-corrected chi connectivity index (χ1v) is 12.7. The molecule has 3 aromatic carbocycles. The number of alkyl carbamates (subject to hydrolysis) is 1. The minimum Gasteiger partial charge on any atom is -0.444 e. The summed E-state index contributed by atoms with van der Waals surface area (Å²) in [4.78, 5) is 44.8. The molecular formula is C31H36N4O4. The van der Waals surface area contributed by atoms with Gasteiger partial charge in [-0.1, -0.05) is 91.0 Å². The smallest absolute Gasteiger partial charge is 0.408 e. The number of benzene rings is 3. The van der Waals surface area contributed by atoms with Crippen LogP contribution in [-0.4, -0.2) is 54.9 Å². The summed E-state index contributed by atoms with van der Waals surface area (Å²) in [7, 11) is 3.43. The number of ether oxygens (including phenoxy) is 1. The first kappa shape index (κ1) is 29.1. The van der Waals surface area contributed by atoms with Crippen LogP contribution in [0, 0.1) is 0 Å². The van der Waals surface area contributed by atoms with Gasteiger partial charge in [0.05, 0.1) is 12.8 Å². The summed E-state index contributed by atoms with van der Waals surface area (Å²) in [6.07, 6.45) is 0.165. The molecule has 0 aliphatic carbocycles. The van der Waals surface area contributed by atoms with Crippen LogP contribution in [0.5, 0.6) is 0 Å². The topological polar surface area (TPSA) is 100 Å². The maximum atomic E-state index is 13.8. The fourth-order valence-corrected chi connectivity index (χ4v) is 4.14. The summed E-state index contributed by atoms with van der Waals surface area (Å²) >= 11 is 0. The van der Waals surface area contributed by atoms with Crippen LogP contribution in [0.3, 0.4) is 0 Å². The van der Waals surface area contributed by atoms with Crippen molar-refractivity contribution in [2.75, 3.05) is 14.1 Å². The maximum Gasteiger partial charge on any atom is 0.408 e. The molecule has 1 atom stereocenters. The van der Waals surface area contributed by atoms with Crippen LogP contribution in [0.15, 0.2) is 96.0 Å². The number of aliphatic imine (C=N–C) groups is 1. The van der Waals surface area contributed by atoms with E-state index in [9.17, 15) is 14.4 Å². The number of hydrogen-bond acceptors (Lipinski definition) is 4. The van der Waals surface area contributed by atoms with E-state index in [1.54, 1.807) is 39.8 Å². The van der Waals surface area contributed by atoms with E-state index >= 15 is 0 Å². The molecule has 3 amide bonds. The zero-order chi connectivity index (χ0) is 28.5. The van der Waals surface area contributed by atoms with Crippen molar-refractivity contribution in [2.24, 2.45) is 4.99 Å². The summed E-state index contributed by atoms with van der Waals surface area (Å²) in [6.45, 7) is 5.15. The molecular weight excluding hydrogens is 492 g/mol. The highest BCUT2D eigenvalue weighted by Crippen LogP contribution is 2.36. The van der Waals surface area contributed by atoms with Gasteiger partial charge >= 0.3 is 6.09 Å². The lowest BCUT2D eigenvalue weighted by molar-refractivity contribution is -0.127. The van der Waals surface area contributed by atoms with Gasteiger partial charge in [0, 0.05) is 14.1 Å². The number of nitrogens with one attached hydrogen (secondary N) is 2. The molecule has 0 aliphatic rings. The van der Waals surface area contributed by atoms with Crippen molar-refractivity contribution in [3.05, 3.63) is 108 Å². The molecule has 8 nitrogen and oxygen atoms in total. The van der Waals surface area contributed by atoms with Gasteiger partial charge in [-0.2, -0.15) is 0 Å². The Morgan fingerprint density at radius 2 is 1.26 bits per heavy atom. The molecule has 0 aliphatic heterocycles. The number of hydrogen-bond donors (Lipinski definition) is 2. The van der Waals surface area contributed by atoms with Crippen molar-refractivity contribution in [1.82, 2.24) is 15.5 Å². The predicted octanol–water partition coefficient (Wildman–Crippen LogP) is 4.49. The van der Waals surface area contributed by atoms with Gasteiger partial charge in [-0.15, -0.1) is 0 Å². The van der Waals surface area contributed by atoms with Crippen LogP contribution in [0.2, 0.25) is 0 Å². The Morgan fingerprint density at radius 1 is 0.821 bits per heavy atom. The first-order chi connectivity index (χ1) is 18.5. The molecule has 0 saturated carbocycles. The highest BCUT2D eigenvalue weighted by Gasteiger charge is 2.39. The average molecular weight is 529 g/mol. The van der Waals surface area contributed by atoms with E-state index < -0.39 is 35.1 Å². The zero-order valence-electron chi connectivity index (χ0n) is 23.0. The van der Waals surface area contributed by atoms with Crippen molar-refractivity contribution >= 4 is 24.2 Å². The van der Waals surface area contributed by atoms with Crippen molar-refractivity contribution in [2.45, 2.75) is 44.4 Å². The van der Waals surface area contributed by atoms with Crippen LogP contribution in [-0.2, 0) is 19.9 Å². The molecule has 204 valence electrons. The Labute approximate surface area is 230 Å². The molecule has 0 fully saturated rings. The molecule has 0 radical (unpaired) electrons. The Hall–Kier alpha value is -4.46. The van der Waals surface area contributed by atoms with Gasteiger partial charge < -0.3 is 20.3 Å². The SMILES string of the molecule is CN(C)C=NC(=O)[C@@H](CC(=O)NC(c1ccccc1)(c1ccccc1)c1ccccc1)NC(=O)OC(C)(C)C. The quantitative estimate of drug-likeness (QED) is 0.242. The second-order valence-corrected chi connectivity index (χ2v) is 10.3. The monoisotopic (exact) mass is 528 g/mol. The van der Waals surface area contributed by atoms with Gasteiger partial charge in [-0.25, -0.2) is 9.79 Å². The zero-order valence-corrected chi connectivity index (χ0v) is 23.0. The summed E-state index contributed by atoms with van der Waals surface area (Å²) in [5.41, 5.74) is 0.668. The normalized spacial score (nSPS) is 12.4. The van der Waals surface area contributed by atoms with Crippen LogP contribution < -0.4 is 10.6 Å². The summed E-state index contributed by atoms with van der Waals surface area (Å²) in [6, 6.07) is 27.6. The lowest BCUT2D eigenvalue weighted by Crippen LogP contribution is -2.51.